The van der Waals surface area contributed by atoms with Crippen LogP contribution in [0.2, 0.25) is 0 Å². The first kappa shape index (κ1) is 11.0. The highest BCUT2D eigenvalue weighted by Crippen LogP contribution is 2.35. The first-order valence-corrected chi connectivity index (χ1v) is 6.57. The van der Waals surface area contributed by atoms with Crippen molar-refractivity contribution < 1.29 is 4.79 Å². The van der Waals surface area contributed by atoms with Crippen molar-refractivity contribution >= 4 is 28.4 Å². The van der Waals surface area contributed by atoms with E-state index in [0.29, 0.717) is 6.42 Å². The van der Waals surface area contributed by atoms with E-state index < -0.39 is 0 Å². The Morgan fingerprint density at radius 1 is 1.50 bits per heavy atom. The molecule has 0 amide bonds. The number of ketones is 1. The number of hydrogen-bond donors (Lipinski definition) is 1. The summed E-state index contributed by atoms with van der Waals surface area (Å²) in [5.41, 5.74) is 3.71. The third kappa shape index (κ3) is 1.69. The Morgan fingerprint density at radius 3 is 3.22 bits per heavy atom. The number of Topliss-reactive ketones (excluding diaryl/α,β-unsaturated/α-hetero) is 1. The van der Waals surface area contributed by atoms with Gasteiger partial charge in [0, 0.05) is 28.8 Å². The monoisotopic (exact) mass is 254 g/mol. The number of allylic oxidation sites excluding steroid dienone is 4. The Kier molecular flexibility index (Phi) is 2.62. The molecule has 18 heavy (non-hydrogen) atoms. The normalized spacial score (nSPS) is 23.5. The van der Waals surface area contributed by atoms with Crippen LogP contribution in [0.15, 0.2) is 40.6 Å². The van der Waals surface area contributed by atoms with E-state index in [9.17, 15) is 4.79 Å². The molecule has 1 atom stereocenters. The number of anilines is 1. The average molecular weight is 254 g/mol. The molecule has 0 saturated heterocycles. The van der Waals surface area contributed by atoms with Crippen LogP contribution in [-0.4, -0.2) is 11.8 Å². The molecule has 0 aromatic carbocycles. The van der Waals surface area contributed by atoms with Crippen molar-refractivity contribution in [3.8, 4) is 6.07 Å². The van der Waals surface area contributed by atoms with Gasteiger partial charge in [0.05, 0.1) is 11.8 Å². The van der Waals surface area contributed by atoms with Crippen molar-refractivity contribution in [2.45, 2.75) is 12.5 Å². The molecule has 88 valence electrons. The van der Waals surface area contributed by atoms with E-state index in [1.165, 1.54) is 6.08 Å². The Morgan fingerprint density at radius 2 is 2.39 bits per heavy atom. The lowest BCUT2D eigenvalue weighted by molar-refractivity contribution is -0.118. The minimum Gasteiger partial charge on any atom is -0.370 e. The molecular formula is C14H10N2OS. The summed E-state index contributed by atoms with van der Waals surface area (Å²) >= 11 is 1.56. The van der Waals surface area contributed by atoms with Crippen molar-refractivity contribution in [3.63, 3.8) is 0 Å². The number of fused-ring (bicyclic) bond motifs is 2. The predicted octanol–water partition coefficient (Wildman–Crippen LogP) is 2.90. The highest BCUT2D eigenvalue weighted by atomic mass is 32.1. The van der Waals surface area contributed by atoms with Gasteiger partial charge in [-0.1, -0.05) is 12.2 Å². The van der Waals surface area contributed by atoms with Gasteiger partial charge in [0.15, 0.2) is 5.78 Å². The molecule has 1 aromatic heterocycles. The lowest BCUT2D eigenvalue weighted by Gasteiger charge is -2.20. The second kappa shape index (κ2) is 4.28. The summed E-state index contributed by atoms with van der Waals surface area (Å²) in [4.78, 5) is 11.9. The molecule has 4 heteroatoms. The van der Waals surface area contributed by atoms with Crippen LogP contribution >= 0.6 is 11.3 Å². The number of rotatable bonds is 0. The minimum absolute atomic E-state index is 0.166. The van der Waals surface area contributed by atoms with E-state index in [1.54, 1.807) is 11.3 Å². The predicted molar refractivity (Wildman–Crippen MR) is 72.2 cm³/mol. The molecule has 0 saturated carbocycles. The molecule has 0 spiro atoms. The van der Waals surface area contributed by atoms with Gasteiger partial charge in [-0.05, 0) is 17.2 Å². The summed E-state index contributed by atoms with van der Waals surface area (Å²) in [7, 11) is 0. The number of nitriles is 1. The topological polar surface area (TPSA) is 52.9 Å². The van der Waals surface area contributed by atoms with Gasteiger partial charge in [0.25, 0.3) is 0 Å². The molecular weight excluding hydrogens is 244 g/mol. The van der Waals surface area contributed by atoms with Gasteiger partial charge in [0.1, 0.15) is 6.04 Å². The summed E-state index contributed by atoms with van der Waals surface area (Å²) in [6, 6.07) is 1.78. The maximum Gasteiger partial charge on any atom is 0.163 e. The molecule has 0 bridgehead atoms. The molecule has 3 rings (SSSR count). The number of thiophene rings is 1. The highest BCUT2D eigenvalue weighted by molar-refractivity contribution is 7.08. The van der Waals surface area contributed by atoms with Gasteiger partial charge in [-0.3, -0.25) is 4.79 Å². The first-order chi connectivity index (χ1) is 8.79. The van der Waals surface area contributed by atoms with Crippen LogP contribution in [0.4, 0.5) is 5.69 Å². The van der Waals surface area contributed by atoms with Crippen LogP contribution in [0.3, 0.4) is 0 Å². The zero-order valence-corrected chi connectivity index (χ0v) is 10.3. The third-order valence-electron chi connectivity index (χ3n) is 3.10. The lowest BCUT2D eigenvalue weighted by Crippen LogP contribution is -2.32. The van der Waals surface area contributed by atoms with Gasteiger partial charge in [-0.15, -0.1) is 11.3 Å². The fourth-order valence-corrected chi connectivity index (χ4v) is 3.04. The summed E-state index contributed by atoms with van der Waals surface area (Å²) in [6.45, 7) is 0. The standard InChI is InChI=1S/C14H10N2OS/c15-5-4-9-6-10-2-1-3-13(17)14(10)16-12-8-18-7-11(9)12/h1-2,4,6-8,14,16H,3H2/b9-4+. The van der Waals surface area contributed by atoms with Crippen molar-refractivity contribution in [2.24, 2.45) is 0 Å². The zero-order valence-electron chi connectivity index (χ0n) is 9.51. The molecule has 3 nitrogen and oxygen atoms in total. The van der Waals surface area contributed by atoms with E-state index in [0.717, 1.165) is 22.4 Å². The van der Waals surface area contributed by atoms with Gasteiger partial charge < -0.3 is 5.32 Å². The summed E-state index contributed by atoms with van der Waals surface area (Å²) in [5, 5.41) is 16.1. The summed E-state index contributed by atoms with van der Waals surface area (Å²) < 4.78 is 0. The van der Waals surface area contributed by atoms with Crippen LogP contribution in [0, 0.1) is 11.3 Å². The molecule has 0 radical (unpaired) electrons. The number of carbonyl (C=O) groups excluding carboxylic acids is 1. The number of nitrogens with zero attached hydrogens (tertiary/aromatic N) is 1. The van der Waals surface area contributed by atoms with Crippen LogP contribution in [-0.2, 0) is 4.79 Å². The molecule has 1 aliphatic carbocycles. The van der Waals surface area contributed by atoms with E-state index in [1.807, 2.05) is 29.0 Å². The second-order valence-electron chi connectivity index (χ2n) is 4.22. The van der Waals surface area contributed by atoms with Crippen molar-refractivity contribution in [2.75, 3.05) is 5.32 Å². The maximum absolute atomic E-state index is 11.9. The van der Waals surface area contributed by atoms with E-state index in [2.05, 4.69) is 11.4 Å². The Labute approximate surface area is 109 Å². The van der Waals surface area contributed by atoms with E-state index in [-0.39, 0.29) is 11.8 Å². The van der Waals surface area contributed by atoms with Crippen LogP contribution in [0.1, 0.15) is 12.0 Å². The fourth-order valence-electron chi connectivity index (χ4n) is 2.24. The molecule has 0 fully saturated rings. The van der Waals surface area contributed by atoms with E-state index in [4.69, 9.17) is 5.26 Å². The van der Waals surface area contributed by atoms with Crippen molar-refractivity contribution in [3.05, 3.63) is 46.2 Å². The van der Waals surface area contributed by atoms with Gasteiger partial charge in [-0.25, -0.2) is 0 Å². The molecule has 2 heterocycles. The van der Waals surface area contributed by atoms with Crippen molar-refractivity contribution in [1.82, 2.24) is 0 Å². The molecule has 1 aromatic rings. The smallest absolute Gasteiger partial charge is 0.163 e. The van der Waals surface area contributed by atoms with Gasteiger partial charge in [0.2, 0.25) is 0 Å². The largest absolute Gasteiger partial charge is 0.370 e. The van der Waals surface area contributed by atoms with Crippen LogP contribution in [0.5, 0.6) is 0 Å². The summed E-state index contributed by atoms with van der Waals surface area (Å²) in [6.07, 6.45) is 7.74. The number of hydrogen-bond acceptors (Lipinski definition) is 4. The maximum atomic E-state index is 11.9. The Bertz CT molecular complexity index is 643. The lowest BCUT2D eigenvalue weighted by atomic mass is 9.94. The summed E-state index contributed by atoms with van der Waals surface area (Å²) in [5.74, 6) is 0.166. The molecule has 1 aliphatic heterocycles. The molecule has 2 aliphatic rings. The van der Waals surface area contributed by atoms with E-state index >= 15 is 0 Å². The van der Waals surface area contributed by atoms with Gasteiger partial charge in [-0.2, -0.15) is 5.26 Å². The second-order valence-corrected chi connectivity index (χ2v) is 4.97. The fraction of sp³-hybridized carbons (Fsp3) is 0.143. The van der Waals surface area contributed by atoms with Crippen LogP contribution < -0.4 is 5.32 Å². The first-order valence-electron chi connectivity index (χ1n) is 5.63. The zero-order chi connectivity index (χ0) is 12.5. The Balaban J connectivity index is 2.18. The Hall–Kier alpha value is -2.12. The number of carbonyl (C=O) groups is 1. The SMILES string of the molecule is N#C/C=C1\C=C2C=CCC(=O)C2Nc2cscc21. The van der Waals surface area contributed by atoms with Crippen LogP contribution in [0.25, 0.3) is 5.57 Å². The molecule has 1 N–H and O–H groups in total. The highest BCUT2D eigenvalue weighted by Gasteiger charge is 2.27. The van der Waals surface area contributed by atoms with Gasteiger partial charge >= 0.3 is 0 Å². The minimum atomic E-state index is -0.284. The number of nitrogens with one attached hydrogen (secondary N) is 1. The quantitative estimate of drug-likeness (QED) is 0.724. The third-order valence-corrected chi connectivity index (χ3v) is 3.84. The molecule has 1 unspecified atom stereocenters. The average Bonchev–Trinajstić information content (AvgIpc) is 2.75. The van der Waals surface area contributed by atoms with Crippen molar-refractivity contribution in [1.29, 1.82) is 5.26 Å².